The van der Waals surface area contributed by atoms with E-state index in [0.29, 0.717) is 17.9 Å². The van der Waals surface area contributed by atoms with Gasteiger partial charge in [0.1, 0.15) is 0 Å². The SMILES string of the molecule is CC1CCCC(Nc2nn[nH]n2)C1C. The molecule has 1 saturated carbocycles. The van der Waals surface area contributed by atoms with Gasteiger partial charge in [-0.05, 0) is 23.5 Å². The maximum atomic E-state index is 3.91. The van der Waals surface area contributed by atoms with Crippen molar-refractivity contribution in [1.29, 1.82) is 0 Å². The Kier molecular flexibility index (Phi) is 2.65. The Labute approximate surface area is 83.7 Å². The number of nitrogens with zero attached hydrogens (tertiary/aromatic N) is 3. The van der Waals surface area contributed by atoms with E-state index in [2.05, 4.69) is 39.8 Å². The molecule has 1 aliphatic carbocycles. The lowest BCUT2D eigenvalue weighted by Crippen LogP contribution is -2.35. The van der Waals surface area contributed by atoms with Crippen LogP contribution in [-0.2, 0) is 0 Å². The minimum absolute atomic E-state index is 0.497. The summed E-state index contributed by atoms with van der Waals surface area (Å²) in [6.45, 7) is 4.61. The summed E-state index contributed by atoms with van der Waals surface area (Å²) in [5, 5.41) is 17.1. The third-order valence-electron chi connectivity index (χ3n) is 3.37. The second-order valence-electron chi connectivity index (χ2n) is 4.25. The van der Waals surface area contributed by atoms with Crippen molar-refractivity contribution in [3.63, 3.8) is 0 Å². The molecule has 1 aromatic rings. The van der Waals surface area contributed by atoms with E-state index in [1.54, 1.807) is 0 Å². The molecular weight excluding hydrogens is 178 g/mol. The van der Waals surface area contributed by atoms with E-state index < -0.39 is 0 Å². The molecule has 2 N–H and O–H groups in total. The zero-order valence-electron chi connectivity index (χ0n) is 8.70. The number of H-pyrrole nitrogens is 1. The summed E-state index contributed by atoms with van der Waals surface area (Å²) in [7, 11) is 0. The predicted molar refractivity (Wildman–Crippen MR) is 53.8 cm³/mol. The van der Waals surface area contributed by atoms with Crippen molar-refractivity contribution in [2.24, 2.45) is 11.8 Å². The summed E-state index contributed by atoms with van der Waals surface area (Å²) < 4.78 is 0. The average Bonchev–Trinajstić information content (AvgIpc) is 2.66. The van der Waals surface area contributed by atoms with E-state index in [9.17, 15) is 0 Å². The fraction of sp³-hybridized carbons (Fsp3) is 0.889. The summed E-state index contributed by atoms with van der Waals surface area (Å²) in [6, 6.07) is 0.497. The topological polar surface area (TPSA) is 66.5 Å². The molecule has 14 heavy (non-hydrogen) atoms. The number of tetrazole rings is 1. The highest BCUT2D eigenvalue weighted by Crippen LogP contribution is 2.30. The van der Waals surface area contributed by atoms with Crippen LogP contribution in [0.1, 0.15) is 33.1 Å². The monoisotopic (exact) mass is 195 g/mol. The summed E-state index contributed by atoms with van der Waals surface area (Å²) in [5.41, 5.74) is 0. The standard InChI is InChI=1S/C9H17N5/c1-6-4-3-5-8(7(6)2)10-9-11-13-14-12-9/h6-8H,3-5H2,1-2H3,(H2,10,11,12,13,14). The van der Waals surface area contributed by atoms with E-state index in [1.807, 2.05) is 0 Å². The first-order valence-corrected chi connectivity index (χ1v) is 5.27. The maximum Gasteiger partial charge on any atom is 0.263 e. The molecule has 5 heteroatoms. The van der Waals surface area contributed by atoms with Crippen molar-refractivity contribution in [1.82, 2.24) is 20.6 Å². The molecule has 1 aliphatic rings. The lowest BCUT2D eigenvalue weighted by Gasteiger charge is -2.34. The summed E-state index contributed by atoms with van der Waals surface area (Å²) >= 11 is 0. The van der Waals surface area contributed by atoms with Crippen molar-refractivity contribution < 1.29 is 0 Å². The van der Waals surface area contributed by atoms with Crippen molar-refractivity contribution in [3.05, 3.63) is 0 Å². The van der Waals surface area contributed by atoms with Gasteiger partial charge in [0.25, 0.3) is 5.95 Å². The van der Waals surface area contributed by atoms with E-state index >= 15 is 0 Å². The highest BCUT2D eigenvalue weighted by Gasteiger charge is 2.27. The number of hydrogen-bond acceptors (Lipinski definition) is 4. The van der Waals surface area contributed by atoms with Crippen LogP contribution in [-0.4, -0.2) is 26.7 Å². The highest BCUT2D eigenvalue weighted by atomic mass is 15.5. The second kappa shape index (κ2) is 3.94. The summed E-state index contributed by atoms with van der Waals surface area (Å²) in [5.74, 6) is 2.09. The molecule has 0 radical (unpaired) electrons. The molecule has 3 atom stereocenters. The quantitative estimate of drug-likeness (QED) is 0.749. The lowest BCUT2D eigenvalue weighted by atomic mass is 9.78. The second-order valence-corrected chi connectivity index (χ2v) is 4.25. The molecule has 1 aromatic heterocycles. The van der Waals surface area contributed by atoms with Crippen LogP contribution in [0, 0.1) is 11.8 Å². The molecule has 2 rings (SSSR count). The number of anilines is 1. The van der Waals surface area contributed by atoms with Gasteiger partial charge in [-0.15, -0.1) is 5.10 Å². The summed E-state index contributed by atoms with van der Waals surface area (Å²) in [6.07, 6.45) is 3.84. The fourth-order valence-corrected chi connectivity index (χ4v) is 2.17. The molecule has 1 fully saturated rings. The maximum absolute atomic E-state index is 3.91. The van der Waals surface area contributed by atoms with Crippen LogP contribution < -0.4 is 5.32 Å². The Morgan fingerprint density at radius 1 is 1.36 bits per heavy atom. The molecule has 3 unspecified atom stereocenters. The predicted octanol–water partition coefficient (Wildman–Crippen LogP) is 1.44. The smallest absolute Gasteiger partial charge is 0.263 e. The minimum atomic E-state index is 0.497. The molecule has 0 aromatic carbocycles. The van der Waals surface area contributed by atoms with Crippen LogP contribution in [0.4, 0.5) is 5.95 Å². The molecule has 0 amide bonds. The van der Waals surface area contributed by atoms with E-state index in [-0.39, 0.29) is 0 Å². The first-order valence-electron chi connectivity index (χ1n) is 5.27. The number of nitrogens with one attached hydrogen (secondary N) is 2. The lowest BCUT2D eigenvalue weighted by molar-refractivity contribution is 0.252. The first-order chi connectivity index (χ1) is 6.77. The van der Waals surface area contributed by atoms with Crippen LogP contribution >= 0.6 is 0 Å². The van der Waals surface area contributed by atoms with Crippen LogP contribution in [0.2, 0.25) is 0 Å². The third-order valence-corrected chi connectivity index (χ3v) is 3.37. The molecule has 0 bridgehead atoms. The van der Waals surface area contributed by atoms with E-state index in [0.717, 1.165) is 5.92 Å². The Balaban J connectivity index is 1.97. The zero-order chi connectivity index (χ0) is 9.97. The number of aromatic amines is 1. The van der Waals surface area contributed by atoms with Gasteiger partial charge in [-0.1, -0.05) is 31.8 Å². The van der Waals surface area contributed by atoms with Gasteiger partial charge < -0.3 is 5.32 Å². The Bertz CT molecular complexity index is 271. The molecule has 78 valence electrons. The number of hydrogen-bond donors (Lipinski definition) is 2. The largest absolute Gasteiger partial charge is 0.349 e. The van der Waals surface area contributed by atoms with Crippen LogP contribution in [0.3, 0.4) is 0 Å². The third kappa shape index (κ3) is 1.86. The molecule has 0 aliphatic heterocycles. The molecular formula is C9H17N5. The molecule has 5 nitrogen and oxygen atoms in total. The van der Waals surface area contributed by atoms with Crippen LogP contribution in [0.5, 0.6) is 0 Å². The number of rotatable bonds is 2. The Morgan fingerprint density at radius 3 is 2.93 bits per heavy atom. The molecule has 0 spiro atoms. The van der Waals surface area contributed by atoms with Crippen molar-refractivity contribution in [2.75, 3.05) is 5.32 Å². The van der Waals surface area contributed by atoms with E-state index in [1.165, 1.54) is 19.3 Å². The Hall–Kier alpha value is -1.13. The first kappa shape index (κ1) is 9.43. The van der Waals surface area contributed by atoms with Gasteiger partial charge in [0.05, 0.1) is 0 Å². The van der Waals surface area contributed by atoms with E-state index in [4.69, 9.17) is 0 Å². The zero-order valence-corrected chi connectivity index (χ0v) is 8.70. The fourth-order valence-electron chi connectivity index (χ4n) is 2.17. The summed E-state index contributed by atoms with van der Waals surface area (Å²) in [4.78, 5) is 0. The molecule has 1 heterocycles. The average molecular weight is 195 g/mol. The van der Waals surface area contributed by atoms with Gasteiger partial charge in [-0.2, -0.15) is 5.21 Å². The minimum Gasteiger partial charge on any atom is -0.349 e. The van der Waals surface area contributed by atoms with Crippen LogP contribution in [0.25, 0.3) is 0 Å². The van der Waals surface area contributed by atoms with Crippen molar-refractivity contribution in [3.8, 4) is 0 Å². The van der Waals surface area contributed by atoms with Gasteiger partial charge in [0.2, 0.25) is 0 Å². The van der Waals surface area contributed by atoms with Gasteiger partial charge in [-0.3, -0.25) is 0 Å². The van der Waals surface area contributed by atoms with Gasteiger partial charge in [0, 0.05) is 6.04 Å². The number of aromatic nitrogens is 4. The van der Waals surface area contributed by atoms with Gasteiger partial charge in [-0.25, -0.2) is 0 Å². The normalized spacial score (nSPS) is 32.9. The van der Waals surface area contributed by atoms with Gasteiger partial charge >= 0.3 is 0 Å². The Morgan fingerprint density at radius 2 is 2.21 bits per heavy atom. The van der Waals surface area contributed by atoms with Crippen molar-refractivity contribution in [2.45, 2.75) is 39.2 Å². The highest BCUT2D eigenvalue weighted by molar-refractivity contribution is 5.22. The van der Waals surface area contributed by atoms with Gasteiger partial charge in [0.15, 0.2) is 0 Å². The van der Waals surface area contributed by atoms with Crippen LogP contribution in [0.15, 0.2) is 0 Å². The van der Waals surface area contributed by atoms with Crippen molar-refractivity contribution >= 4 is 5.95 Å². The molecule has 0 saturated heterocycles.